The maximum absolute atomic E-state index is 12.1. The predicted octanol–water partition coefficient (Wildman–Crippen LogP) is -0.450. The summed E-state index contributed by atoms with van der Waals surface area (Å²) in [5.74, 6) is -1.33. The van der Waals surface area contributed by atoms with E-state index >= 15 is 0 Å². The lowest BCUT2D eigenvalue weighted by atomic mass is 10.6. The molecule has 1 rings (SSSR count). The van der Waals surface area contributed by atoms with Crippen LogP contribution in [0.2, 0.25) is 0 Å². The second-order valence-electron chi connectivity index (χ2n) is 2.30. The van der Waals surface area contributed by atoms with Gasteiger partial charge in [-0.15, -0.1) is 5.10 Å². The maximum atomic E-state index is 12.1. The zero-order valence-corrected chi connectivity index (χ0v) is 6.54. The molecule has 0 aliphatic rings. The first kappa shape index (κ1) is 9.78. The van der Waals surface area contributed by atoms with Crippen LogP contribution in [0.4, 0.5) is 13.2 Å². The van der Waals surface area contributed by atoms with Crippen molar-refractivity contribution < 1.29 is 18.3 Å². The number of aliphatic hydroxyl groups is 1. The van der Waals surface area contributed by atoms with E-state index in [-0.39, 0.29) is 0 Å². The lowest BCUT2D eigenvalue weighted by Crippen LogP contribution is -2.24. The zero-order valence-electron chi connectivity index (χ0n) is 6.54. The predicted molar refractivity (Wildman–Crippen MR) is 34.7 cm³/mol. The summed E-state index contributed by atoms with van der Waals surface area (Å²) in [4.78, 5) is 10.9. The highest BCUT2D eigenvalue weighted by Gasteiger charge is 2.37. The number of aliphatic hydroxyl groups excluding tert-OH is 1. The topological polar surface area (TPSA) is 60.1 Å². The van der Waals surface area contributed by atoms with Crippen LogP contribution in [0, 0.1) is 0 Å². The summed E-state index contributed by atoms with van der Waals surface area (Å²) < 4.78 is 36.8. The Balaban J connectivity index is 3.34. The molecular formula is C5H6F3N3O2. The van der Waals surface area contributed by atoms with Crippen molar-refractivity contribution in [3.63, 3.8) is 0 Å². The molecule has 0 saturated heterocycles. The lowest BCUT2D eigenvalue weighted by Gasteiger charge is -2.02. The fraction of sp³-hybridized carbons (Fsp3) is 0.600. The van der Waals surface area contributed by atoms with Gasteiger partial charge in [-0.3, -0.25) is 4.57 Å². The summed E-state index contributed by atoms with van der Waals surface area (Å²) in [5, 5.41) is 11.3. The van der Waals surface area contributed by atoms with Crippen LogP contribution < -0.4 is 5.69 Å². The fourth-order valence-corrected chi connectivity index (χ4v) is 0.827. The van der Waals surface area contributed by atoms with Crippen molar-refractivity contribution in [2.24, 2.45) is 7.05 Å². The van der Waals surface area contributed by atoms with Gasteiger partial charge in [-0.2, -0.15) is 17.9 Å². The van der Waals surface area contributed by atoms with Gasteiger partial charge in [-0.05, 0) is 0 Å². The highest BCUT2D eigenvalue weighted by Crippen LogP contribution is 2.25. The Morgan fingerprint density at radius 3 is 2.31 bits per heavy atom. The van der Waals surface area contributed by atoms with Crippen molar-refractivity contribution in [1.82, 2.24) is 14.3 Å². The molecule has 13 heavy (non-hydrogen) atoms. The van der Waals surface area contributed by atoms with Crippen molar-refractivity contribution in [3.8, 4) is 0 Å². The van der Waals surface area contributed by atoms with E-state index in [0.29, 0.717) is 9.25 Å². The molecule has 0 unspecified atom stereocenters. The largest absolute Gasteiger partial charge is 0.451 e. The molecule has 0 aromatic carbocycles. The number of nitrogens with zero attached hydrogens (tertiary/aromatic N) is 3. The second kappa shape index (κ2) is 2.87. The quantitative estimate of drug-likeness (QED) is 0.663. The average molecular weight is 197 g/mol. The monoisotopic (exact) mass is 197 g/mol. The van der Waals surface area contributed by atoms with E-state index in [1.54, 1.807) is 0 Å². The summed E-state index contributed by atoms with van der Waals surface area (Å²) in [5.41, 5.74) is -1.00. The van der Waals surface area contributed by atoms with E-state index < -0.39 is 24.4 Å². The van der Waals surface area contributed by atoms with Crippen LogP contribution in [0.15, 0.2) is 4.79 Å². The van der Waals surface area contributed by atoms with Gasteiger partial charge in [0.05, 0.1) is 0 Å². The first-order chi connectivity index (χ1) is 5.88. The Bertz CT molecular complexity index is 364. The number of halogens is 3. The van der Waals surface area contributed by atoms with Gasteiger partial charge < -0.3 is 5.11 Å². The molecule has 0 saturated carbocycles. The van der Waals surface area contributed by atoms with E-state index in [2.05, 4.69) is 5.10 Å². The average Bonchev–Trinajstić information content (AvgIpc) is 2.28. The van der Waals surface area contributed by atoms with Gasteiger partial charge in [-0.25, -0.2) is 4.79 Å². The van der Waals surface area contributed by atoms with Crippen LogP contribution in [-0.2, 0) is 20.0 Å². The van der Waals surface area contributed by atoms with Gasteiger partial charge in [0.15, 0.2) is 0 Å². The van der Waals surface area contributed by atoms with Crippen LogP contribution in [-0.4, -0.2) is 19.5 Å². The van der Waals surface area contributed by atoms with E-state index in [1.165, 1.54) is 0 Å². The number of alkyl halides is 3. The Morgan fingerprint density at radius 1 is 1.54 bits per heavy atom. The highest BCUT2D eigenvalue weighted by molar-refractivity contribution is 4.91. The molecular weight excluding hydrogens is 191 g/mol. The molecule has 0 fully saturated rings. The number of aromatic nitrogens is 3. The summed E-state index contributed by atoms with van der Waals surface area (Å²) in [6.07, 6.45) is -4.69. The van der Waals surface area contributed by atoms with Crippen LogP contribution in [0.1, 0.15) is 5.82 Å². The molecule has 5 nitrogen and oxygen atoms in total. The standard InChI is InChI=1S/C5H6F3N3O2/c1-10-3(5(6,7)8)9-11(2-12)4(10)13/h12H,2H2,1H3. The molecule has 1 aromatic heterocycles. The molecule has 1 aromatic rings. The molecule has 0 aliphatic heterocycles. The van der Waals surface area contributed by atoms with Gasteiger partial charge in [0.1, 0.15) is 6.73 Å². The minimum absolute atomic E-state index is 0.322. The molecule has 0 radical (unpaired) electrons. The Hall–Kier alpha value is -1.31. The molecule has 0 bridgehead atoms. The van der Waals surface area contributed by atoms with Crippen molar-refractivity contribution >= 4 is 0 Å². The summed E-state index contributed by atoms with van der Waals surface area (Å²) in [6, 6.07) is 0. The van der Waals surface area contributed by atoms with Crippen LogP contribution in [0.25, 0.3) is 0 Å². The lowest BCUT2D eigenvalue weighted by molar-refractivity contribution is -0.147. The van der Waals surface area contributed by atoms with Gasteiger partial charge in [0.2, 0.25) is 5.82 Å². The Kier molecular flexibility index (Phi) is 2.16. The van der Waals surface area contributed by atoms with Crippen LogP contribution >= 0.6 is 0 Å². The minimum Gasteiger partial charge on any atom is -0.374 e. The third-order valence-electron chi connectivity index (χ3n) is 1.43. The molecule has 1 N–H and O–H groups in total. The third-order valence-corrected chi connectivity index (χ3v) is 1.43. The molecule has 0 amide bonds. The summed E-state index contributed by atoms with van der Waals surface area (Å²) in [7, 11) is 0.935. The summed E-state index contributed by atoms with van der Waals surface area (Å²) in [6.45, 7) is -0.872. The van der Waals surface area contributed by atoms with Crippen molar-refractivity contribution in [1.29, 1.82) is 0 Å². The molecule has 0 atom stereocenters. The zero-order chi connectivity index (χ0) is 10.2. The van der Waals surface area contributed by atoms with Crippen LogP contribution in [0.3, 0.4) is 0 Å². The number of hydrogen-bond donors (Lipinski definition) is 1. The van der Waals surface area contributed by atoms with E-state index in [0.717, 1.165) is 7.05 Å². The highest BCUT2D eigenvalue weighted by atomic mass is 19.4. The van der Waals surface area contributed by atoms with Crippen LogP contribution in [0.5, 0.6) is 0 Å². The van der Waals surface area contributed by atoms with Crippen molar-refractivity contribution in [3.05, 3.63) is 16.3 Å². The Labute approximate surface area is 70.0 Å². The summed E-state index contributed by atoms with van der Waals surface area (Å²) >= 11 is 0. The first-order valence-corrected chi connectivity index (χ1v) is 3.20. The van der Waals surface area contributed by atoms with Gasteiger partial charge in [0, 0.05) is 7.05 Å². The second-order valence-corrected chi connectivity index (χ2v) is 2.30. The molecule has 1 heterocycles. The third kappa shape index (κ3) is 1.57. The first-order valence-electron chi connectivity index (χ1n) is 3.20. The molecule has 8 heteroatoms. The Morgan fingerprint density at radius 2 is 2.08 bits per heavy atom. The van der Waals surface area contributed by atoms with Gasteiger partial charge >= 0.3 is 11.9 Å². The van der Waals surface area contributed by atoms with E-state index in [4.69, 9.17) is 5.11 Å². The number of rotatable bonds is 1. The fourth-order valence-electron chi connectivity index (χ4n) is 0.827. The van der Waals surface area contributed by atoms with Gasteiger partial charge in [-0.1, -0.05) is 0 Å². The molecule has 0 spiro atoms. The van der Waals surface area contributed by atoms with Crippen molar-refractivity contribution in [2.75, 3.05) is 0 Å². The minimum atomic E-state index is -4.69. The van der Waals surface area contributed by atoms with Gasteiger partial charge in [0.25, 0.3) is 0 Å². The normalized spacial score (nSPS) is 12.1. The number of hydrogen-bond acceptors (Lipinski definition) is 3. The SMILES string of the molecule is Cn1c(C(F)(F)F)nn(CO)c1=O. The van der Waals surface area contributed by atoms with E-state index in [9.17, 15) is 18.0 Å². The molecule has 0 aliphatic carbocycles. The molecule has 74 valence electrons. The maximum Gasteiger partial charge on any atom is 0.451 e. The van der Waals surface area contributed by atoms with E-state index in [1.807, 2.05) is 0 Å². The van der Waals surface area contributed by atoms with Crippen molar-refractivity contribution in [2.45, 2.75) is 12.9 Å². The smallest absolute Gasteiger partial charge is 0.374 e.